The van der Waals surface area contributed by atoms with Crippen LogP contribution in [-0.4, -0.2) is 53.8 Å². The van der Waals surface area contributed by atoms with Crippen LogP contribution in [0.3, 0.4) is 0 Å². The van der Waals surface area contributed by atoms with Gasteiger partial charge in [0.1, 0.15) is 5.82 Å². The van der Waals surface area contributed by atoms with E-state index in [0.29, 0.717) is 43.6 Å². The van der Waals surface area contributed by atoms with Crippen molar-refractivity contribution >= 4 is 11.8 Å². The maximum Gasteiger partial charge on any atom is 0.253 e. The van der Waals surface area contributed by atoms with Crippen molar-refractivity contribution < 1.29 is 14.0 Å². The van der Waals surface area contributed by atoms with Gasteiger partial charge in [0.2, 0.25) is 5.91 Å². The molecule has 4 rings (SSSR count). The molecule has 2 N–H and O–H groups in total. The Balaban J connectivity index is 1.36. The van der Waals surface area contributed by atoms with E-state index in [1.54, 1.807) is 4.90 Å². The lowest BCUT2D eigenvalue weighted by Crippen LogP contribution is -2.54. The molecular weight excluding hydrogens is 321 g/mol. The second kappa shape index (κ2) is 6.41. The maximum atomic E-state index is 13.0. The number of fused-ring (bicyclic) bond motifs is 2. The molecule has 25 heavy (non-hydrogen) atoms. The molecule has 1 aromatic rings. The number of carbonyl (C=O) groups excluding carboxylic acids is 2. The van der Waals surface area contributed by atoms with Crippen molar-refractivity contribution in [1.82, 2.24) is 9.80 Å². The van der Waals surface area contributed by atoms with E-state index < -0.39 is 0 Å². The lowest BCUT2D eigenvalue weighted by Gasteiger charge is -2.38. The highest BCUT2D eigenvalue weighted by Crippen LogP contribution is 2.48. The Labute approximate surface area is 147 Å². The van der Waals surface area contributed by atoms with E-state index in [4.69, 9.17) is 5.73 Å². The summed E-state index contributed by atoms with van der Waals surface area (Å²) in [5.41, 5.74) is 6.78. The number of rotatable bonds is 2. The monoisotopic (exact) mass is 345 g/mol. The topological polar surface area (TPSA) is 66.6 Å². The number of nitrogens with two attached hydrogens (primary N) is 1. The molecule has 3 aliphatic rings. The van der Waals surface area contributed by atoms with E-state index in [-0.39, 0.29) is 29.6 Å². The van der Waals surface area contributed by atoms with Crippen LogP contribution in [0.1, 0.15) is 29.6 Å². The summed E-state index contributed by atoms with van der Waals surface area (Å²) in [6, 6.07) is 5.60. The Bertz CT molecular complexity index is 668. The summed E-state index contributed by atoms with van der Waals surface area (Å²) in [4.78, 5) is 29.0. The molecule has 2 bridgehead atoms. The van der Waals surface area contributed by atoms with Crippen LogP contribution in [-0.2, 0) is 4.79 Å². The molecule has 6 heteroatoms. The quantitative estimate of drug-likeness (QED) is 0.883. The number of hydrogen-bond acceptors (Lipinski definition) is 3. The Morgan fingerprint density at radius 1 is 0.960 bits per heavy atom. The second-order valence-corrected chi connectivity index (χ2v) is 7.56. The van der Waals surface area contributed by atoms with Gasteiger partial charge in [-0.1, -0.05) is 0 Å². The molecule has 134 valence electrons. The van der Waals surface area contributed by atoms with E-state index in [9.17, 15) is 14.0 Å². The van der Waals surface area contributed by atoms with Crippen LogP contribution in [0.25, 0.3) is 0 Å². The molecule has 2 aliphatic carbocycles. The Morgan fingerprint density at radius 2 is 1.56 bits per heavy atom. The van der Waals surface area contributed by atoms with Gasteiger partial charge in [0.25, 0.3) is 5.91 Å². The number of amides is 2. The van der Waals surface area contributed by atoms with Crippen molar-refractivity contribution in [1.29, 1.82) is 0 Å². The highest BCUT2D eigenvalue weighted by atomic mass is 19.1. The lowest BCUT2D eigenvalue weighted by molar-refractivity contribution is -0.139. The summed E-state index contributed by atoms with van der Waals surface area (Å²) >= 11 is 0. The summed E-state index contributed by atoms with van der Waals surface area (Å²) in [6.07, 6.45) is 3.38. The minimum Gasteiger partial charge on any atom is -0.339 e. The van der Waals surface area contributed by atoms with Crippen LogP contribution in [0, 0.1) is 23.6 Å². The van der Waals surface area contributed by atoms with E-state index in [0.717, 1.165) is 19.3 Å². The number of carbonyl (C=O) groups is 2. The van der Waals surface area contributed by atoms with Crippen molar-refractivity contribution in [3.8, 4) is 0 Å². The highest BCUT2D eigenvalue weighted by molar-refractivity contribution is 5.94. The summed E-state index contributed by atoms with van der Waals surface area (Å²) < 4.78 is 13.0. The standard InChI is InChI=1S/C19H24FN3O2/c20-15-5-3-12(4-6-15)18(24)22-7-9-23(10-8-22)19(25)16-13-1-2-14(11-13)17(16)21/h3-6,13-14,16-17H,1-2,7-11,21H2. The third kappa shape index (κ3) is 2.92. The average molecular weight is 345 g/mol. The molecule has 0 radical (unpaired) electrons. The van der Waals surface area contributed by atoms with E-state index in [1.165, 1.54) is 24.3 Å². The van der Waals surface area contributed by atoms with Gasteiger partial charge >= 0.3 is 0 Å². The van der Waals surface area contributed by atoms with Gasteiger partial charge in [-0.05, 0) is 55.4 Å². The van der Waals surface area contributed by atoms with Gasteiger partial charge in [0, 0.05) is 37.8 Å². The Kier molecular flexibility index (Phi) is 4.23. The fourth-order valence-corrected chi connectivity index (χ4v) is 4.82. The highest BCUT2D eigenvalue weighted by Gasteiger charge is 2.50. The van der Waals surface area contributed by atoms with E-state index in [2.05, 4.69) is 0 Å². The second-order valence-electron chi connectivity index (χ2n) is 7.56. The fourth-order valence-electron chi connectivity index (χ4n) is 4.82. The SMILES string of the molecule is NC1C2CCC(C2)C1C(=O)N1CCN(C(=O)c2ccc(F)cc2)CC1. The first-order valence-electron chi connectivity index (χ1n) is 9.14. The third-order valence-corrected chi connectivity index (χ3v) is 6.24. The third-order valence-electron chi connectivity index (χ3n) is 6.24. The molecule has 1 heterocycles. The minimum atomic E-state index is -0.353. The van der Waals surface area contributed by atoms with Crippen LogP contribution < -0.4 is 5.73 Å². The summed E-state index contributed by atoms with van der Waals surface area (Å²) in [7, 11) is 0. The largest absolute Gasteiger partial charge is 0.339 e. The molecule has 1 aromatic carbocycles. The number of piperazine rings is 1. The molecule has 2 amide bonds. The summed E-state index contributed by atoms with van der Waals surface area (Å²) in [6.45, 7) is 2.12. The van der Waals surface area contributed by atoms with Crippen LogP contribution in [0.4, 0.5) is 4.39 Å². The molecule has 2 saturated carbocycles. The van der Waals surface area contributed by atoms with Crippen LogP contribution in [0.2, 0.25) is 0 Å². The molecular formula is C19H24FN3O2. The Hall–Kier alpha value is -1.95. The first kappa shape index (κ1) is 16.5. The Morgan fingerprint density at radius 3 is 2.16 bits per heavy atom. The van der Waals surface area contributed by atoms with Crippen molar-refractivity contribution in [2.24, 2.45) is 23.5 Å². The van der Waals surface area contributed by atoms with Gasteiger partial charge in [0.15, 0.2) is 0 Å². The van der Waals surface area contributed by atoms with Crippen molar-refractivity contribution in [2.45, 2.75) is 25.3 Å². The lowest BCUT2D eigenvalue weighted by atomic mass is 9.84. The predicted octanol–water partition coefficient (Wildman–Crippen LogP) is 1.48. The zero-order chi connectivity index (χ0) is 17.6. The van der Waals surface area contributed by atoms with Crippen molar-refractivity contribution in [2.75, 3.05) is 26.2 Å². The summed E-state index contributed by atoms with van der Waals surface area (Å²) in [5, 5.41) is 0. The molecule has 4 unspecified atom stereocenters. The van der Waals surface area contributed by atoms with Gasteiger partial charge in [-0.3, -0.25) is 9.59 Å². The number of nitrogens with zero attached hydrogens (tertiary/aromatic N) is 2. The average Bonchev–Trinajstić information content (AvgIpc) is 3.22. The first-order chi connectivity index (χ1) is 12.0. The normalized spacial score (nSPS) is 31.4. The van der Waals surface area contributed by atoms with Gasteiger partial charge in [-0.15, -0.1) is 0 Å². The van der Waals surface area contributed by atoms with Gasteiger partial charge in [-0.25, -0.2) is 4.39 Å². The number of halogens is 1. The van der Waals surface area contributed by atoms with Crippen LogP contribution in [0.5, 0.6) is 0 Å². The van der Waals surface area contributed by atoms with Crippen molar-refractivity contribution in [3.63, 3.8) is 0 Å². The maximum absolute atomic E-state index is 13.0. The number of hydrogen-bond donors (Lipinski definition) is 1. The number of benzene rings is 1. The molecule has 4 atom stereocenters. The van der Waals surface area contributed by atoms with Gasteiger partial charge in [-0.2, -0.15) is 0 Å². The zero-order valence-electron chi connectivity index (χ0n) is 14.2. The molecule has 1 aliphatic heterocycles. The van der Waals surface area contributed by atoms with Crippen molar-refractivity contribution in [3.05, 3.63) is 35.6 Å². The minimum absolute atomic E-state index is 0.00475. The van der Waals surface area contributed by atoms with Crippen LogP contribution in [0.15, 0.2) is 24.3 Å². The smallest absolute Gasteiger partial charge is 0.253 e. The first-order valence-corrected chi connectivity index (χ1v) is 9.14. The molecule has 0 aromatic heterocycles. The molecule has 3 fully saturated rings. The summed E-state index contributed by atoms with van der Waals surface area (Å²) in [5.74, 6) is 0.649. The van der Waals surface area contributed by atoms with Gasteiger partial charge in [0.05, 0.1) is 5.92 Å². The van der Waals surface area contributed by atoms with E-state index >= 15 is 0 Å². The molecule has 0 spiro atoms. The van der Waals surface area contributed by atoms with Crippen LogP contribution >= 0.6 is 0 Å². The zero-order valence-corrected chi connectivity index (χ0v) is 14.2. The predicted molar refractivity (Wildman–Crippen MR) is 91.2 cm³/mol. The van der Waals surface area contributed by atoms with E-state index in [1.807, 2.05) is 4.90 Å². The fraction of sp³-hybridized carbons (Fsp3) is 0.579. The van der Waals surface area contributed by atoms with Gasteiger partial charge < -0.3 is 15.5 Å². The molecule has 5 nitrogen and oxygen atoms in total. The molecule has 1 saturated heterocycles.